The number of ether oxygens (including phenoxy) is 2. The van der Waals surface area contributed by atoms with Crippen LogP contribution in [0.3, 0.4) is 0 Å². The molecule has 0 aromatic heterocycles. The second-order valence-electron chi connectivity index (χ2n) is 9.65. The van der Waals surface area contributed by atoms with E-state index in [9.17, 15) is 28.8 Å². The third-order valence-corrected chi connectivity index (χ3v) is 5.87. The molecule has 4 amide bonds. The van der Waals surface area contributed by atoms with E-state index in [0.717, 1.165) is 11.1 Å². The van der Waals surface area contributed by atoms with E-state index in [1.54, 1.807) is 12.1 Å². The van der Waals surface area contributed by atoms with E-state index in [2.05, 4.69) is 21.3 Å². The minimum absolute atomic E-state index is 0.0671. The third-order valence-electron chi connectivity index (χ3n) is 5.87. The summed E-state index contributed by atoms with van der Waals surface area (Å²) in [5.74, 6) is -3.04. The SMILES string of the molecule is CNC(=O)[C@@H](CCC(C)=O)NC(=O)[C@H](Cc1ccc(C)cc1)NC(=O)[C@H](CC(C)=O)NC(=O)COCCOCCN. The van der Waals surface area contributed by atoms with Crippen LogP contribution in [0, 0.1) is 6.92 Å². The Kier molecular flexibility index (Phi) is 16.7. The Hall–Kier alpha value is -3.68. The zero-order valence-corrected chi connectivity index (χ0v) is 24.2. The van der Waals surface area contributed by atoms with E-state index in [-0.39, 0.29) is 57.1 Å². The highest BCUT2D eigenvalue weighted by atomic mass is 16.5. The van der Waals surface area contributed by atoms with Crippen LogP contribution in [0.1, 0.15) is 44.2 Å². The van der Waals surface area contributed by atoms with Crippen LogP contribution in [0.25, 0.3) is 0 Å². The molecule has 1 aromatic carbocycles. The summed E-state index contributed by atoms with van der Waals surface area (Å²) in [6, 6.07) is 3.88. The van der Waals surface area contributed by atoms with Crippen molar-refractivity contribution >= 4 is 35.2 Å². The molecule has 0 heterocycles. The van der Waals surface area contributed by atoms with E-state index >= 15 is 0 Å². The molecule has 0 unspecified atom stereocenters. The number of ketones is 2. The first kappa shape index (κ1) is 35.3. The van der Waals surface area contributed by atoms with Gasteiger partial charge in [-0.15, -0.1) is 0 Å². The second-order valence-corrected chi connectivity index (χ2v) is 9.65. The van der Waals surface area contributed by atoms with Gasteiger partial charge in [0, 0.05) is 32.9 Å². The summed E-state index contributed by atoms with van der Waals surface area (Å²) in [5, 5.41) is 10.2. The molecule has 3 atom stereocenters. The average Bonchev–Trinajstić information content (AvgIpc) is 2.92. The number of nitrogens with one attached hydrogen (secondary N) is 4. The van der Waals surface area contributed by atoms with Gasteiger partial charge in [-0.25, -0.2) is 0 Å². The quantitative estimate of drug-likeness (QED) is 0.122. The Morgan fingerprint density at radius 3 is 1.98 bits per heavy atom. The van der Waals surface area contributed by atoms with Gasteiger partial charge in [-0.2, -0.15) is 0 Å². The van der Waals surface area contributed by atoms with Crippen LogP contribution in [0.15, 0.2) is 24.3 Å². The molecule has 0 saturated heterocycles. The number of Topliss-reactive ketones (excluding diaryl/α,β-unsaturated/α-hetero) is 2. The standard InChI is InChI=1S/C28H43N5O8/c1-18-5-8-21(9-6-18)16-24(28(39)32-22(26(37)30-4)10-7-19(2)34)33-27(38)23(15-20(3)35)31-25(36)17-41-14-13-40-12-11-29/h5-6,8-9,22-24H,7,10-17,29H2,1-4H3,(H,30,37)(H,31,36)(H,32,39)(H,33,38)/t22-,23+,24+/m1/s1. The Morgan fingerprint density at radius 2 is 1.39 bits per heavy atom. The summed E-state index contributed by atoms with van der Waals surface area (Å²) in [5.41, 5.74) is 7.06. The Morgan fingerprint density at radius 1 is 0.780 bits per heavy atom. The van der Waals surface area contributed by atoms with E-state index in [4.69, 9.17) is 15.2 Å². The number of nitrogens with two attached hydrogens (primary N) is 1. The predicted octanol–water partition coefficient (Wildman–Crippen LogP) is -0.922. The number of hydrogen-bond donors (Lipinski definition) is 5. The van der Waals surface area contributed by atoms with Crippen molar-refractivity contribution in [1.29, 1.82) is 0 Å². The zero-order valence-electron chi connectivity index (χ0n) is 24.2. The first-order valence-electron chi connectivity index (χ1n) is 13.5. The van der Waals surface area contributed by atoms with Crippen molar-refractivity contribution in [3.8, 4) is 0 Å². The molecule has 0 aliphatic heterocycles. The highest BCUT2D eigenvalue weighted by Crippen LogP contribution is 2.09. The van der Waals surface area contributed by atoms with Gasteiger partial charge in [0.1, 0.15) is 36.3 Å². The fraction of sp³-hybridized carbons (Fsp3) is 0.571. The molecule has 228 valence electrons. The number of amides is 4. The van der Waals surface area contributed by atoms with E-state index in [1.807, 2.05) is 19.1 Å². The number of aryl methyl sites for hydroxylation is 1. The Balaban J connectivity index is 3.04. The van der Waals surface area contributed by atoms with Crippen LogP contribution >= 0.6 is 0 Å². The average molecular weight is 578 g/mol. The molecule has 1 rings (SSSR count). The van der Waals surface area contributed by atoms with Crippen LogP contribution in [0.5, 0.6) is 0 Å². The molecule has 0 fully saturated rings. The minimum atomic E-state index is -1.27. The summed E-state index contributed by atoms with van der Waals surface area (Å²) in [6.07, 6.45) is -0.0965. The minimum Gasteiger partial charge on any atom is -0.378 e. The van der Waals surface area contributed by atoms with Crippen molar-refractivity contribution in [3.05, 3.63) is 35.4 Å². The fourth-order valence-electron chi connectivity index (χ4n) is 3.71. The van der Waals surface area contributed by atoms with Crippen molar-refractivity contribution in [2.75, 3.05) is 40.0 Å². The molecule has 13 nitrogen and oxygen atoms in total. The molecule has 0 bridgehead atoms. The molecular formula is C28H43N5O8. The lowest BCUT2D eigenvalue weighted by molar-refractivity contribution is -0.135. The molecular weight excluding hydrogens is 534 g/mol. The lowest BCUT2D eigenvalue weighted by Crippen LogP contribution is -2.57. The maximum absolute atomic E-state index is 13.4. The van der Waals surface area contributed by atoms with Gasteiger partial charge in [0.25, 0.3) is 0 Å². The second kappa shape index (κ2) is 19.4. The molecule has 1 aromatic rings. The summed E-state index contributed by atoms with van der Waals surface area (Å²) < 4.78 is 10.4. The number of benzene rings is 1. The molecule has 0 spiro atoms. The largest absolute Gasteiger partial charge is 0.378 e. The summed E-state index contributed by atoms with van der Waals surface area (Å²) in [6.45, 7) is 5.28. The molecule has 0 aliphatic rings. The molecule has 13 heteroatoms. The lowest BCUT2D eigenvalue weighted by Gasteiger charge is -2.25. The van der Waals surface area contributed by atoms with Gasteiger partial charge in [-0.05, 0) is 32.8 Å². The highest BCUT2D eigenvalue weighted by Gasteiger charge is 2.30. The lowest BCUT2D eigenvalue weighted by atomic mass is 10.0. The molecule has 41 heavy (non-hydrogen) atoms. The predicted molar refractivity (Wildman–Crippen MR) is 151 cm³/mol. The van der Waals surface area contributed by atoms with Crippen molar-refractivity contribution in [2.45, 2.75) is 64.6 Å². The van der Waals surface area contributed by atoms with Crippen molar-refractivity contribution in [3.63, 3.8) is 0 Å². The smallest absolute Gasteiger partial charge is 0.246 e. The third kappa shape index (κ3) is 15.0. The monoisotopic (exact) mass is 577 g/mol. The first-order valence-corrected chi connectivity index (χ1v) is 13.5. The van der Waals surface area contributed by atoms with Crippen LogP contribution in [-0.2, 0) is 44.7 Å². The van der Waals surface area contributed by atoms with Gasteiger partial charge in [0.05, 0.1) is 19.8 Å². The number of rotatable bonds is 20. The summed E-state index contributed by atoms with van der Waals surface area (Å²) in [4.78, 5) is 74.8. The maximum Gasteiger partial charge on any atom is 0.246 e. The molecule has 0 radical (unpaired) electrons. The number of likely N-dealkylation sites (N-methyl/N-ethyl adjacent to an activating group) is 1. The van der Waals surface area contributed by atoms with Crippen LogP contribution in [0.4, 0.5) is 0 Å². The Bertz CT molecular complexity index is 1030. The van der Waals surface area contributed by atoms with E-state index in [0.29, 0.717) is 13.2 Å². The van der Waals surface area contributed by atoms with Crippen LogP contribution < -0.4 is 27.0 Å². The van der Waals surface area contributed by atoms with E-state index < -0.39 is 41.8 Å². The highest BCUT2D eigenvalue weighted by molar-refractivity contribution is 5.96. The van der Waals surface area contributed by atoms with E-state index in [1.165, 1.54) is 20.9 Å². The van der Waals surface area contributed by atoms with Gasteiger partial charge in [-0.1, -0.05) is 29.8 Å². The van der Waals surface area contributed by atoms with Crippen molar-refractivity contribution < 1.29 is 38.2 Å². The van der Waals surface area contributed by atoms with Crippen LogP contribution in [-0.4, -0.2) is 93.3 Å². The fourth-order valence-corrected chi connectivity index (χ4v) is 3.71. The molecule has 6 N–H and O–H groups in total. The topological polar surface area (TPSA) is 195 Å². The summed E-state index contributed by atoms with van der Waals surface area (Å²) in [7, 11) is 1.41. The number of carbonyl (C=O) groups is 6. The van der Waals surface area contributed by atoms with Gasteiger partial charge in [0.2, 0.25) is 23.6 Å². The maximum atomic E-state index is 13.4. The van der Waals surface area contributed by atoms with Gasteiger partial charge < -0.3 is 41.3 Å². The number of carbonyl (C=O) groups excluding carboxylic acids is 6. The molecule has 0 saturated carbocycles. The molecule has 0 aliphatic carbocycles. The normalized spacial score (nSPS) is 12.9. The summed E-state index contributed by atoms with van der Waals surface area (Å²) >= 11 is 0. The van der Waals surface area contributed by atoms with Gasteiger partial charge in [0.15, 0.2) is 0 Å². The van der Waals surface area contributed by atoms with Crippen LogP contribution in [0.2, 0.25) is 0 Å². The number of hydrogen-bond acceptors (Lipinski definition) is 9. The van der Waals surface area contributed by atoms with Gasteiger partial charge in [-0.3, -0.25) is 24.0 Å². The van der Waals surface area contributed by atoms with Crippen molar-refractivity contribution in [1.82, 2.24) is 21.3 Å². The zero-order chi connectivity index (χ0) is 30.8. The Labute approximate surface area is 240 Å². The van der Waals surface area contributed by atoms with Gasteiger partial charge >= 0.3 is 0 Å². The van der Waals surface area contributed by atoms with Crippen molar-refractivity contribution in [2.24, 2.45) is 5.73 Å². The first-order chi connectivity index (χ1) is 19.5.